The van der Waals surface area contributed by atoms with Crippen LogP contribution in [0.25, 0.3) is 0 Å². The molecular weight excluding hydrogens is 1600 g/mol. The summed E-state index contributed by atoms with van der Waals surface area (Å²) < 4.78 is 49.3. The van der Waals surface area contributed by atoms with Gasteiger partial charge in [-0.05, 0) is 130 Å². The lowest BCUT2D eigenvalue weighted by Crippen LogP contribution is -2.42. The molecule has 0 radical (unpaired) electrons. The number of hydrogen-bond acceptors (Lipinski definition) is 16. The average molecular weight is 1710 g/mol. The number of amides is 10. The number of carbonyl (C=O) groups is 5. The van der Waals surface area contributed by atoms with Crippen LogP contribution in [0.4, 0.5) is 28.4 Å². The largest absolute Gasteiger partial charge is 0.390 e. The molecule has 0 aromatic rings. The van der Waals surface area contributed by atoms with Crippen LogP contribution >= 0.6 is 68.6 Å². The molecule has 106 heavy (non-hydrogen) atoms. The summed E-state index contributed by atoms with van der Waals surface area (Å²) >= 11 is 8.51. The summed E-state index contributed by atoms with van der Waals surface area (Å²) in [6, 6.07) is -1.68. The molecule has 5 saturated heterocycles. The molecule has 0 spiro atoms. The number of carbonyl (C=O) groups excluding carboxylic acids is 5. The molecule has 0 bridgehead atoms. The zero-order valence-corrected chi connectivity index (χ0v) is 70.6. The van der Waals surface area contributed by atoms with E-state index in [1.165, 1.54) is 12.4 Å². The molecule has 26 nitrogen and oxygen atoms in total. The fourth-order valence-electron chi connectivity index (χ4n) is 12.7. The first kappa shape index (κ1) is 90.6. The molecule has 0 aromatic carbocycles. The van der Waals surface area contributed by atoms with Crippen LogP contribution in [-0.4, -0.2) is 305 Å². The van der Waals surface area contributed by atoms with Crippen LogP contribution in [0.1, 0.15) is 39.0 Å². The number of halogens is 3. The van der Waals surface area contributed by atoms with Crippen LogP contribution in [0.2, 0.25) is 0 Å². The normalized spacial score (nSPS) is 33.2. The quantitative estimate of drug-likeness (QED) is 0.0312. The van der Waals surface area contributed by atoms with Gasteiger partial charge in [0, 0.05) is 100 Å². The van der Waals surface area contributed by atoms with Gasteiger partial charge in [-0.3, -0.25) is 0 Å². The number of alkyl halides is 3. The highest BCUT2D eigenvalue weighted by Gasteiger charge is 2.50. The molecule has 34 heteroatoms. The summed E-state index contributed by atoms with van der Waals surface area (Å²) in [5, 5.41) is 76.6. The van der Waals surface area contributed by atoms with E-state index in [4.69, 9.17) is 40.0 Å². The smallest absolute Gasteiger partial charge is 0.323 e. The second kappa shape index (κ2) is 38.3. The number of methoxy groups -OCH3 is 1. The van der Waals surface area contributed by atoms with Gasteiger partial charge in [-0.1, -0.05) is 62.4 Å². The predicted octanol–water partition coefficient (Wildman–Crippen LogP) is 7.02. The molecule has 10 aliphatic rings. The van der Waals surface area contributed by atoms with Crippen LogP contribution < -0.4 is 53.2 Å². The first-order valence-corrected chi connectivity index (χ1v) is 51.8. The Labute approximate surface area is 644 Å². The van der Waals surface area contributed by atoms with E-state index in [-0.39, 0.29) is 70.6 Å². The number of ether oxygens (including phenoxy) is 6. The number of nitrogens with one attached hydrogen (secondary N) is 10. The van der Waals surface area contributed by atoms with Crippen LogP contribution in [0, 0.1) is 5.92 Å². The van der Waals surface area contributed by atoms with Crippen molar-refractivity contribution < 1.29 is 82.3 Å². The average Bonchev–Trinajstić information content (AvgIpc) is 1.68. The Morgan fingerprint density at radius 2 is 0.670 bits per heavy atom. The van der Waals surface area contributed by atoms with Gasteiger partial charge in [0.2, 0.25) is 0 Å². The Balaban J connectivity index is 0.000000208. The van der Waals surface area contributed by atoms with E-state index in [9.17, 15) is 53.9 Å². The Bertz CT molecular complexity index is 3370. The molecule has 10 rings (SSSR count). The molecule has 0 aromatic heterocycles. The Morgan fingerprint density at radius 3 is 1.01 bits per heavy atom. The fourth-order valence-corrected chi connectivity index (χ4v) is 18.8. The molecule has 10 amide bonds. The van der Waals surface area contributed by atoms with Gasteiger partial charge in [-0.25, -0.2) is 28.4 Å². The van der Waals surface area contributed by atoms with Crippen molar-refractivity contribution in [1.82, 2.24) is 53.2 Å². The molecular formula is C72H116ClFIN10O16P5. The third kappa shape index (κ3) is 26.2. The van der Waals surface area contributed by atoms with Gasteiger partial charge < -0.3 is 107 Å². The Kier molecular flexibility index (Phi) is 32.8. The molecule has 0 aliphatic carbocycles. The van der Waals surface area contributed by atoms with E-state index in [1.54, 1.807) is 25.7 Å². The van der Waals surface area contributed by atoms with Crippen molar-refractivity contribution >= 4 is 130 Å². The van der Waals surface area contributed by atoms with Gasteiger partial charge in [-0.15, -0.1) is 77.5 Å². The second-order valence-corrected chi connectivity index (χ2v) is 55.0. The van der Waals surface area contributed by atoms with Gasteiger partial charge in [0.05, 0.1) is 64.2 Å². The lowest BCUT2D eigenvalue weighted by molar-refractivity contribution is 0.000152. The monoisotopic (exact) mass is 1710 g/mol. The van der Waals surface area contributed by atoms with Gasteiger partial charge >= 0.3 is 30.2 Å². The van der Waals surface area contributed by atoms with Crippen LogP contribution in [-0.2, 0) is 28.4 Å². The van der Waals surface area contributed by atoms with Gasteiger partial charge in [0.25, 0.3) is 0 Å². The number of aliphatic hydroxyl groups excluding tert-OH is 5. The summed E-state index contributed by atoms with van der Waals surface area (Å²) in [6.07, 6.45) is 27.2. The van der Waals surface area contributed by atoms with Crippen LogP contribution in [0.3, 0.4) is 0 Å². The third-order valence-corrected chi connectivity index (χ3v) is 28.0. The lowest BCUT2D eigenvalue weighted by atomic mass is 9.92. The molecule has 20 atom stereocenters. The van der Waals surface area contributed by atoms with Crippen molar-refractivity contribution in [2.45, 2.75) is 152 Å². The first-order chi connectivity index (χ1) is 49.0. The summed E-state index contributed by atoms with van der Waals surface area (Å²) in [6.45, 7) is 36.6. The van der Waals surface area contributed by atoms with Gasteiger partial charge in [0.15, 0.2) is 6.17 Å². The zero-order valence-electron chi connectivity index (χ0n) is 63.2. The van der Waals surface area contributed by atoms with Gasteiger partial charge in [-0.2, -0.15) is 0 Å². The number of aliphatic hydroxyl groups is 5. The maximum Gasteiger partial charge on any atom is 0.323 e. The SMILES string of the molecule is C=C1NC(=O)NC=C1C1OC(CCP(=C)(C)C)[C@@H](O)[C@H]1C.C=C1NC(=O)NC=C1C1OC(CCP(=C)(C)C)[C@@H](O)[C@H]1Cl.C=C1NC(=O)NC=C1C1OC(CCP(=C)(C)C)[C@@H](O)[C@H]1F.C=C1NC(=O)NC=C1C1OC(CCP(=C)(C)C)[C@@H](O)[C@H]1I.C=C1NC(=O)NC=C1C1OC(CCP(=C)(C)C)[C@@H](O)[C@H]1OC. The van der Waals surface area contributed by atoms with Crippen molar-refractivity contribution in [1.29, 1.82) is 0 Å². The van der Waals surface area contributed by atoms with Crippen molar-refractivity contribution in [3.05, 3.63) is 120 Å². The maximum atomic E-state index is 14.3. The highest BCUT2D eigenvalue weighted by molar-refractivity contribution is 14.1. The van der Waals surface area contributed by atoms with Crippen molar-refractivity contribution in [3.8, 4) is 0 Å². The minimum atomic E-state index is -1.54. The molecule has 596 valence electrons. The summed E-state index contributed by atoms with van der Waals surface area (Å²) in [5.74, 6) is -0.0407. The van der Waals surface area contributed by atoms with Crippen LogP contribution in [0.5, 0.6) is 0 Å². The Hall–Kier alpha value is -4.24. The predicted molar refractivity (Wildman–Crippen MR) is 447 cm³/mol. The van der Waals surface area contributed by atoms with Crippen LogP contribution in [0.15, 0.2) is 120 Å². The first-order valence-electron chi connectivity index (χ1n) is 34.8. The van der Waals surface area contributed by atoms with Crippen molar-refractivity contribution in [3.63, 3.8) is 0 Å². The fraction of sp³-hybridized carbons (Fsp3) is 0.583. The zero-order chi connectivity index (χ0) is 79.6. The topological polar surface area (TPSA) is 362 Å². The minimum absolute atomic E-state index is 0.0407. The van der Waals surface area contributed by atoms with E-state index < -0.39 is 113 Å². The summed E-state index contributed by atoms with van der Waals surface area (Å²) in [5.41, 5.74) is 5.65. The van der Waals surface area contributed by atoms with E-state index in [0.29, 0.717) is 51.6 Å². The van der Waals surface area contributed by atoms with E-state index in [0.717, 1.165) is 67.6 Å². The van der Waals surface area contributed by atoms with E-state index in [2.05, 4.69) is 207 Å². The minimum Gasteiger partial charge on any atom is -0.390 e. The molecule has 10 unspecified atom stereocenters. The number of hydrogen-bond donors (Lipinski definition) is 15. The molecule has 10 aliphatic heterocycles. The maximum absolute atomic E-state index is 14.3. The molecule has 10 heterocycles. The van der Waals surface area contributed by atoms with Gasteiger partial charge in [0.1, 0.15) is 42.7 Å². The van der Waals surface area contributed by atoms with Crippen molar-refractivity contribution in [2.75, 3.05) is 105 Å². The third-order valence-electron chi connectivity index (χ3n) is 18.8. The summed E-state index contributed by atoms with van der Waals surface area (Å²) in [7, 11) is 1.54. The highest BCUT2D eigenvalue weighted by atomic mass is 127. The number of urea groups is 5. The summed E-state index contributed by atoms with van der Waals surface area (Å²) in [4.78, 5) is 56.1. The van der Waals surface area contributed by atoms with E-state index >= 15 is 0 Å². The highest BCUT2D eigenvalue weighted by Crippen LogP contribution is 2.46. The van der Waals surface area contributed by atoms with Crippen molar-refractivity contribution in [2.24, 2.45) is 5.92 Å². The molecule has 0 saturated carbocycles. The second-order valence-electron chi connectivity index (χ2n) is 31.4. The lowest BCUT2D eigenvalue weighted by Gasteiger charge is -2.25. The Morgan fingerprint density at radius 1 is 0.415 bits per heavy atom. The molecule has 5 fully saturated rings. The molecule has 15 N–H and O–H groups in total. The standard InChI is InChI=1S/C15H25N2O4P.C15H25N2O3P.C14H22ClN2O3P.C14H22FN2O3P.C14H22IN2O3P/c1-9-10(8-16-15(19)17-9)13-14(20-2)12(18)11(21-13)6-7-22(3,4)5;1-9-13(18)12(6-7-21(3,4)5)20-14(9)11-8-16-15(19)17-10(11)2;3*1-8-9(7-16-14(19)17-8)13-11(15)12(18)10(20-13)5-6-21(2,3)4/h8,11-14,18H,1,3,6-7H2,2,4-5H3,(H2,16,17,19);8-9,12-14,18H,2-3,6-7H2,1,4-5H3,(H2,16,17,19);3*7,10-13,18H,1-2,5-6H2,3-4H3,(H2,16,17,19)/t11?,12-,13?,14-;9-,12?,13+,14?;3*10?,11-,12-,13?/m11111/s1. The number of rotatable bonds is 21. The van der Waals surface area contributed by atoms with E-state index in [1.807, 2.05) is 6.92 Å².